The van der Waals surface area contributed by atoms with Crippen LogP contribution in [0.15, 0.2) is 0 Å². The summed E-state index contributed by atoms with van der Waals surface area (Å²) >= 11 is 0. The van der Waals surface area contributed by atoms with E-state index < -0.39 is 0 Å². The van der Waals surface area contributed by atoms with Gasteiger partial charge in [0.15, 0.2) is 0 Å². The van der Waals surface area contributed by atoms with E-state index in [4.69, 9.17) is 0 Å². The minimum atomic E-state index is 1.02. The molecule has 0 radical (unpaired) electrons. The number of aromatic nitrogens is 3. The SMILES string of the molecule is CCCn1nnc2c1CC[C@H]1C[C@H]1CC2. The van der Waals surface area contributed by atoms with Crippen LogP contribution in [0.5, 0.6) is 0 Å². The highest BCUT2D eigenvalue weighted by Gasteiger charge is 2.37. The molecule has 1 fully saturated rings. The van der Waals surface area contributed by atoms with Crippen LogP contribution in [0.25, 0.3) is 0 Å². The highest BCUT2D eigenvalue weighted by molar-refractivity contribution is 5.13. The first-order chi connectivity index (χ1) is 7.38. The van der Waals surface area contributed by atoms with Gasteiger partial charge < -0.3 is 0 Å². The minimum absolute atomic E-state index is 1.02. The third kappa shape index (κ3) is 1.68. The monoisotopic (exact) mass is 205 g/mol. The molecule has 3 rings (SSSR count). The van der Waals surface area contributed by atoms with Crippen LogP contribution < -0.4 is 0 Å². The van der Waals surface area contributed by atoms with Crippen molar-refractivity contribution in [1.82, 2.24) is 15.0 Å². The predicted molar refractivity (Wildman–Crippen MR) is 58.6 cm³/mol. The fourth-order valence-electron chi connectivity index (χ4n) is 2.89. The molecule has 0 saturated heterocycles. The van der Waals surface area contributed by atoms with Crippen LogP contribution in [-0.4, -0.2) is 15.0 Å². The van der Waals surface area contributed by atoms with Gasteiger partial charge in [-0.1, -0.05) is 12.1 Å². The molecule has 0 unspecified atom stereocenters. The lowest BCUT2D eigenvalue weighted by molar-refractivity contribution is 0.528. The van der Waals surface area contributed by atoms with Crippen LogP contribution in [-0.2, 0) is 19.4 Å². The van der Waals surface area contributed by atoms with Crippen LogP contribution in [0.2, 0.25) is 0 Å². The number of fused-ring (bicyclic) bond motifs is 2. The summed E-state index contributed by atoms with van der Waals surface area (Å²) in [7, 11) is 0. The van der Waals surface area contributed by atoms with E-state index in [9.17, 15) is 0 Å². The molecule has 2 atom stereocenters. The number of hydrogen-bond donors (Lipinski definition) is 0. The quantitative estimate of drug-likeness (QED) is 0.741. The normalized spacial score (nSPS) is 28.9. The van der Waals surface area contributed by atoms with Gasteiger partial charge in [0.2, 0.25) is 0 Å². The van der Waals surface area contributed by atoms with E-state index in [1.165, 1.54) is 43.5 Å². The Bertz CT molecular complexity index is 356. The Labute approximate surface area is 90.9 Å². The standard InChI is InChI=1S/C12H19N3/c1-2-7-15-12-6-4-10-8-9(10)3-5-11(12)13-14-15/h9-10H,2-8H2,1H3/t9-,10+/m1/s1. The van der Waals surface area contributed by atoms with Crippen molar-refractivity contribution < 1.29 is 0 Å². The Morgan fingerprint density at radius 1 is 1.27 bits per heavy atom. The van der Waals surface area contributed by atoms with Gasteiger partial charge >= 0.3 is 0 Å². The van der Waals surface area contributed by atoms with Crippen molar-refractivity contribution in [2.75, 3.05) is 0 Å². The Morgan fingerprint density at radius 2 is 2.07 bits per heavy atom. The van der Waals surface area contributed by atoms with Gasteiger partial charge in [-0.2, -0.15) is 0 Å². The minimum Gasteiger partial charge on any atom is -0.249 e. The fourth-order valence-corrected chi connectivity index (χ4v) is 2.89. The molecule has 0 amide bonds. The zero-order valence-electron chi connectivity index (χ0n) is 9.45. The summed E-state index contributed by atoms with van der Waals surface area (Å²) in [4.78, 5) is 0. The first-order valence-electron chi connectivity index (χ1n) is 6.29. The molecule has 1 aromatic heterocycles. The molecule has 1 aromatic rings. The van der Waals surface area contributed by atoms with E-state index in [2.05, 4.69) is 21.9 Å². The molecule has 2 aliphatic rings. The van der Waals surface area contributed by atoms with Crippen molar-refractivity contribution in [2.24, 2.45) is 11.8 Å². The van der Waals surface area contributed by atoms with Crippen LogP contribution in [0, 0.1) is 11.8 Å². The number of hydrogen-bond acceptors (Lipinski definition) is 2. The molecule has 1 saturated carbocycles. The smallest absolute Gasteiger partial charge is 0.0859 e. The van der Waals surface area contributed by atoms with Crippen LogP contribution >= 0.6 is 0 Å². The lowest BCUT2D eigenvalue weighted by Crippen LogP contribution is -2.08. The zero-order valence-corrected chi connectivity index (χ0v) is 9.45. The van der Waals surface area contributed by atoms with Gasteiger partial charge in [-0.3, -0.25) is 0 Å². The van der Waals surface area contributed by atoms with Crippen molar-refractivity contribution in [3.63, 3.8) is 0 Å². The Morgan fingerprint density at radius 3 is 2.87 bits per heavy atom. The van der Waals surface area contributed by atoms with Gasteiger partial charge in [0, 0.05) is 6.54 Å². The topological polar surface area (TPSA) is 30.7 Å². The first-order valence-corrected chi connectivity index (χ1v) is 6.29. The molecule has 0 aliphatic heterocycles. The molecular weight excluding hydrogens is 186 g/mol. The molecule has 2 aliphatic carbocycles. The van der Waals surface area contributed by atoms with E-state index in [-0.39, 0.29) is 0 Å². The highest BCUT2D eigenvalue weighted by atomic mass is 15.4. The third-order valence-electron chi connectivity index (χ3n) is 3.93. The molecule has 82 valence electrons. The van der Waals surface area contributed by atoms with Gasteiger partial charge in [-0.05, 0) is 50.4 Å². The van der Waals surface area contributed by atoms with E-state index in [0.29, 0.717) is 0 Å². The fraction of sp³-hybridized carbons (Fsp3) is 0.833. The molecular formula is C12H19N3. The zero-order chi connectivity index (χ0) is 10.3. The van der Waals surface area contributed by atoms with Gasteiger partial charge in [-0.25, -0.2) is 4.68 Å². The Hall–Kier alpha value is -0.860. The van der Waals surface area contributed by atoms with E-state index in [1.807, 2.05) is 0 Å². The maximum atomic E-state index is 4.34. The lowest BCUT2D eigenvalue weighted by Gasteiger charge is -2.09. The summed E-state index contributed by atoms with van der Waals surface area (Å²) in [5.74, 6) is 2.05. The predicted octanol–water partition coefficient (Wildman–Crippen LogP) is 2.20. The lowest BCUT2D eigenvalue weighted by atomic mass is 10.0. The average molecular weight is 205 g/mol. The third-order valence-corrected chi connectivity index (χ3v) is 3.93. The van der Waals surface area contributed by atoms with E-state index in [1.54, 1.807) is 0 Å². The van der Waals surface area contributed by atoms with Crippen molar-refractivity contribution in [1.29, 1.82) is 0 Å². The molecule has 1 heterocycles. The summed E-state index contributed by atoms with van der Waals surface area (Å²) in [6, 6.07) is 0. The second kappa shape index (κ2) is 3.62. The summed E-state index contributed by atoms with van der Waals surface area (Å²) in [6.07, 6.45) is 7.73. The summed E-state index contributed by atoms with van der Waals surface area (Å²) in [5, 5.41) is 8.62. The van der Waals surface area contributed by atoms with E-state index in [0.717, 1.165) is 24.8 Å². The van der Waals surface area contributed by atoms with Crippen LogP contribution in [0.3, 0.4) is 0 Å². The summed E-state index contributed by atoms with van der Waals surface area (Å²) in [6.45, 7) is 3.24. The summed E-state index contributed by atoms with van der Waals surface area (Å²) < 4.78 is 2.14. The molecule has 0 aromatic carbocycles. The van der Waals surface area contributed by atoms with Gasteiger partial charge in [0.25, 0.3) is 0 Å². The average Bonchev–Trinajstić information content (AvgIpc) is 2.84. The van der Waals surface area contributed by atoms with Crippen molar-refractivity contribution in [2.45, 2.75) is 52.0 Å². The molecule has 0 N–H and O–H groups in total. The molecule has 3 nitrogen and oxygen atoms in total. The van der Waals surface area contributed by atoms with Crippen molar-refractivity contribution in [3.05, 3.63) is 11.4 Å². The highest BCUT2D eigenvalue weighted by Crippen LogP contribution is 2.46. The number of nitrogens with zero attached hydrogens (tertiary/aromatic N) is 3. The summed E-state index contributed by atoms with van der Waals surface area (Å²) in [5.41, 5.74) is 2.72. The van der Waals surface area contributed by atoms with Crippen molar-refractivity contribution in [3.8, 4) is 0 Å². The van der Waals surface area contributed by atoms with Gasteiger partial charge in [0.05, 0.1) is 11.4 Å². The van der Waals surface area contributed by atoms with Crippen LogP contribution in [0.4, 0.5) is 0 Å². The van der Waals surface area contributed by atoms with Crippen LogP contribution in [0.1, 0.15) is 44.0 Å². The van der Waals surface area contributed by atoms with Gasteiger partial charge in [-0.15, -0.1) is 5.10 Å². The van der Waals surface area contributed by atoms with E-state index >= 15 is 0 Å². The van der Waals surface area contributed by atoms with Gasteiger partial charge in [0.1, 0.15) is 0 Å². The molecule has 15 heavy (non-hydrogen) atoms. The number of aryl methyl sites for hydroxylation is 2. The second-order valence-electron chi connectivity index (χ2n) is 5.04. The maximum Gasteiger partial charge on any atom is 0.0859 e. The largest absolute Gasteiger partial charge is 0.249 e. The Balaban J connectivity index is 1.83. The Kier molecular flexibility index (Phi) is 2.26. The maximum absolute atomic E-state index is 4.34. The molecule has 0 bridgehead atoms. The van der Waals surface area contributed by atoms with Crippen molar-refractivity contribution >= 4 is 0 Å². The second-order valence-corrected chi connectivity index (χ2v) is 5.04. The molecule has 3 heteroatoms. The number of rotatable bonds is 2. The first kappa shape index (κ1) is 9.37. The molecule has 0 spiro atoms.